The van der Waals surface area contributed by atoms with E-state index < -0.39 is 6.23 Å². The van der Waals surface area contributed by atoms with Crippen molar-refractivity contribution < 1.29 is 14.3 Å². The standard InChI is InChI=1S/C21H28N4O3/c1-4-14(3)18-15(5-2)19(28-21(26)24-10-12-27-13-11-24)25-17-9-7-6-8-16(17)22-20(25)23-18/h6-9,14,19H,4-5,10-13H2,1-3H3,(H,22,23). The summed E-state index contributed by atoms with van der Waals surface area (Å²) in [6.45, 7) is 8.69. The number of imidazole rings is 1. The van der Waals surface area contributed by atoms with Gasteiger partial charge in [0.1, 0.15) is 0 Å². The molecule has 7 heteroatoms. The topological polar surface area (TPSA) is 68.6 Å². The molecular formula is C21H28N4O3. The van der Waals surface area contributed by atoms with Gasteiger partial charge in [-0.15, -0.1) is 0 Å². The fourth-order valence-corrected chi connectivity index (χ4v) is 3.91. The number of rotatable bonds is 4. The zero-order chi connectivity index (χ0) is 19.7. The van der Waals surface area contributed by atoms with Gasteiger partial charge in [-0.1, -0.05) is 32.9 Å². The maximum atomic E-state index is 12.9. The Bertz CT molecular complexity index is 898. The minimum absolute atomic E-state index is 0.298. The van der Waals surface area contributed by atoms with Gasteiger partial charge in [0.05, 0.1) is 24.2 Å². The first-order chi connectivity index (χ1) is 13.6. The maximum absolute atomic E-state index is 12.9. The van der Waals surface area contributed by atoms with Crippen LogP contribution in [0.5, 0.6) is 0 Å². The lowest BCUT2D eigenvalue weighted by Gasteiger charge is -2.35. The highest BCUT2D eigenvalue weighted by Crippen LogP contribution is 2.40. The smallest absolute Gasteiger partial charge is 0.412 e. The molecule has 0 bridgehead atoms. The summed E-state index contributed by atoms with van der Waals surface area (Å²) < 4.78 is 13.5. The molecule has 4 rings (SSSR count). The van der Waals surface area contributed by atoms with Crippen LogP contribution >= 0.6 is 0 Å². The molecule has 2 atom stereocenters. The number of carbonyl (C=O) groups is 1. The van der Waals surface area contributed by atoms with Crippen LogP contribution in [-0.4, -0.2) is 46.8 Å². The van der Waals surface area contributed by atoms with Crippen molar-refractivity contribution in [3.05, 3.63) is 35.5 Å². The van der Waals surface area contributed by atoms with E-state index in [1.54, 1.807) is 4.90 Å². The number of morpholine rings is 1. The number of amides is 1. The third-order valence-corrected chi connectivity index (χ3v) is 5.69. The van der Waals surface area contributed by atoms with E-state index in [4.69, 9.17) is 14.5 Å². The molecule has 0 radical (unpaired) electrons. The van der Waals surface area contributed by atoms with Crippen LogP contribution in [0.4, 0.5) is 10.7 Å². The van der Waals surface area contributed by atoms with Gasteiger partial charge in [-0.05, 0) is 30.9 Å². The quantitative estimate of drug-likeness (QED) is 0.858. The molecule has 1 saturated heterocycles. The molecule has 0 spiro atoms. The highest BCUT2D eigenvalue weighted by molar-refractivity contribution is 5.80. The summed E-state index contributed by atoms with van der Waals surface area (Å²) in [6, 6.07) is 7.96. The van der Waals surface area contributed by atoms with Gasteiger partial charge in [0.2, 0.25) is 12.2 Å². The molecule has 1 aromatic heterocycles. The van der Waals surface area contributed by atoms with E-state index in [-0.39, 0.29) is 6.09 Å². The van der Waals surface area contributed by atoms with Crippen molar-refractivity contribution >= 4 is 23.1 Å². The van der Waals surface area contributed by atoms with Crippen molar-refractivity contribution in [2.24, 2.45) is 5.92 Å². The van der Waals surface area contributed by atoms with E-state index in [1.165, 1.54) is 0 Å². The number of nitrogens with zero attached hydrogens (tertiary/aromatic N) is 3. The van der Waals surface area contributed by atoms with Crippen LogP contribution in [-0.2, 0) is 9.47 Å². The average Bonchev–Trinajstić information content (AvgIpc) is 3.11. The number of aromatic nitrogens is 2. The average molecular weight is 384 g/mol. The van der Waals surface area contributed by atoms with Crippen molar-refractivity contribution in [3.63, 3.8) is 0 Å². The molecule has 1 aromatic carbocycles. The number of para-hydroxylation sites is 2. The number of fused-ring (bicyclic) bond motifs is 3. The van der Waals surface area contributed by atoms with Crippen molar-refractivity contribution in [2.45, 2.75) is 39.8 Å². The van der Waals surface area contributed by atoms with Gasteiger partial charge in [-0.2, -0.15) is 0 Å². The van der Waals surface area contributed by atoms with Gasteiger partial charge in [-0.3, -0.25) is 4.57 Å². The molecule has 0 aliphatic carbocycles. The fraction of sp³-hybridized carbons (Fsp3) is 0.524. The Hall–Kier alpha value is -2.54. The second-order valence-corrected chi connectivity index (χ2v) is 7.36. The monoisotopic (exact) mass is 384 g/mol. The summed E-state index contributed by atoms with van der Waals surface area (Å²) >= 11 is 0. The Morgan fingerprint density at radius 2 is 2.07 bits per heavy atom. The van der Waals surface area contributed by atoms with Crippen molar-refractivity contribution in [1.29, 1.82) is 0 Å². The Balaban J connectivity index is 1.77. The first-order valence-electron chi connectivity index (χ1n) is 10.1. The van der Waals surface area contributed by atoms with Gasteiger partial charge in [0.15, 0.2) is 0 Å². The van der Waals surface area contributed by atoms with E-state index in [0.29, 0.717) is 32.2 Å². The third kappa shape index (κ3) is 3.24. The Morgan fingerprint density at radius 3 is 2.79 bits per heavy atom. The number of hydrogen-bond acceptors (Lipinski definition) is 5. The van der Waals surface area contributed by atoms with Crippen molar-refractivity contribution in [3.8, 4) is 0 Å². The van der Waals surface area contributed by atoms with E-state index >= 15 is 0 Å². The molecule has 28 heavy (non-hydrogen) atoms. The second-order valence-electron chi connectivity index (χ2n) is 7.36. The van der Waals surface area contributed by atoms with Crippen LogP contribution in [0.3, 0.4) is 0 Å². The highest BCUT2D eigenvalue weighted by Gasteiger charge is 2.34. The second kappa shape index (κ2) is 7.83. The van der Waals surface area contributed by atoms with E-state index in [2.05, 4.69) is 26.1 Å². The minimum atomic E-state index is -0.493. The molecule has 2 unspecified atom stereocenters. The van der Waals surface area contributed by atoms with E-state index in [1.807, 2.05) is 28.8 Å². The number of carbonyl (C=O) groups excluding carboxylic acids is 1. The molecule has 0 saturated carbocycles. The number of benzene rings is 1. The summed E-state index contributed by atoms with van der Waals surface area (Å²) in [5.74, 6) is 1.06. The third-order valence-electron chi connectivity index (χ3n) is 5.69. The summed E-state index contributed by atoms with van der Waals surface area (Å²) in [5.41, 5.74) is 4.07. The number of hydrogen-bond donors (Lipinski definition) is 1. The molecule has 7 nitrogen and oxygen atoms in total. The first-order valence-corrected chi connectivity index (χ1v) is 10.1. The molecule has 1 N–H and O–H groups in total. The van der Waals surface area contributed by atoms with Crippen LogP contribution < -0.4 is 5.32 Å². The minimum Gasteiger partial charge on any atom is -0.421 e. The number of allylic oxidation sites excluding steroid dienone is 1. The molecule has 1 fully saturated rings. The summed E-state index contributed by atoms with van der Waals surface area (Å²) in [4.78, 5) is 19.4. The molecule has 1 amide bonds. The van der Waals surface area contributed by atoms with Gasteiger partial charge >= 0.3 is 6.09 Å². The fourth-order valence-electron chi connectivity index (χ4n) is 3.91. The normalized spacial score (nSPS) is 20.7. The predicted octanol–water partition coefficient (Wildman–Crippen LogP) is 4.14. The molecule has 3 heterocycles. The van der Waals surface area contributed by atoms with Gasteiger partial charge in [-0.25, -0.2) is 9.78 Å². The zero-order valence-corrected chi connectivity index (χ0v) is 16.8. The van der Waals surface area contributed by atoms with Crippen LogP contribution in [0, 0.1) is 5.92 Å². The summed E-state index contributed by atoms with van der Waals surface area (Å²) in [5, 5.41) is 3.53. The zero-order valence-electron chi connectivity index (χ0n) is 16.8. The van der Waals surface area contributed by atoms with Crippen LogP contribution in [0.15, 0.2) is 35.5 Å². The Kier molecular flexibility index (Phi) is 5.26. The summed E-state index contributed by atoms with van der Waals surface area (Å²) in [7, 11) is 0. The summed E-state index contributed by atoms with van der Waals surface area (Å²) in [6.07, 6.45) is 0.997. The molecular weight excluding hydrogens is 356 g/mol. The molecule has 2 aliphatic heterocycles. The van der Waals surface area contributed by atoms with E-state index in [0.717, 1.165) is 41.1 Å². The number of ether oxygens (including phenoxy) is 2. The van der Waals surface area contributed by atoms with Gasteiger partial charge in [0, 0.05) is 24.4 Å². The number of nitrogens with one attached hydrogen (secondary N) is 1. The van der Waals surface area contributed by atoms with Gasteiger partial charge < -0.3 is 19.7 Å². The van der Waals surface area contributed by atoms with Crippen LogP contribution in [0.25, 0.3) is 11.0 Å². The van der Waals surface area contributed by atoms with Gasteiger partial charge in [0.25, 0.3) is 0 Å². The van der Waals surface area contributed by atoms with Crippen molar-refractivity contribution in [2.75, 3.05) is 31.6 Å². The molecule has 150 valence electrons. The lowest BCUT2D eigenvalue weighted by molar-refractivity contribution is 0.00510. The molecule has 2 aromatic rings. The highest BCUT2D eigenvalue weighted by atomic mass is 16.6. The maximum Gasteiger partial charge on any atom is 0.412 e. The largest absolute Gasteiger partial charge is 0.421 e. The number of anilines is 1. The Labute approximate surface area is 165 Å². The van der Waals surface area contributed by atoms with E-state index in [9.17, 15) is 4.79 Å². The Morgan fingerprint density at radius 1 is 1.32 bits per heavy atom. The van der Waals surface area contributed by atoms with Crippen LogP contribution in [0.1, 0.15) is 39.8 Å². The molecule has 2 aliphatic rings. The lowest BCUT2D eigenvalue weighted by Crippen LogP contribution is -2.42. The first kappa shape index (κ1) is 18.8. The van der Waals surface area contributed by atoms with Crippen molar-refractivity contribution in [1.82, 2.24) is 14.5 Å². The van der Waals surface area contributed by atoms with Crippen LogP contribution in [0.2, 0.25) is 0 Å². The predicted molar refractivity (Wildman–Crippen MR) is 108 cm³/mol. The lowest BCUT2D eigenvalue weighted by atomic mass is 9.96. The SMILES string of the molecule is CCC1=C(C(C)CC)Nc2nc3ccccc3n2C1OC(=O)N1CCOCC1.